The van der Waals surface area contributed by atoms with Crippen LogP contribution >= 0.6 is 0 Å². The van der Waals surface area contributed by atoms with Crippen LogP contribution in [0.3, 0.4) is 0 Å². The van der Waals surface area contributed by atoms with Crippen LogP contribution in [0.15, 0.2) is 0 Å². The molecule has 0 atom stereocenters. The molecule has 0 aromatic heterocycles. The third-order valence-corrected chi connectivity index (χ3v) is 1.94. The quantitative estimate of drug-likeness (QED) is 0.463. The summed E-state index contributed by atoms with van der Waals surface area (Å²) in [5.74, 6) is 0. The molecule has 0 saturated heterocycles. The molecule has 17 heavy (non-hydrogen) atoms. The zero-order valence-electron chi connectivity index (χ0n) is 6.87. The molecule has 0 aliphatic rings. The van der Waals surface area contributed by atoms with E-state index in [4.69, 9.17) is 0 Å². The van der Waals surface area contributed by atoms with Gasteiger partial charge in [0.05, 0.1) is 0 Å². The zero-order chi connectivity index (χ0) is 14.0. The van der Waals surface area contributed by atoms with Crippen LogP contribution in [0, 0.1) is 0 Å². The Balaban J connectivity index is -0.000000218. The van der Waals surface area contributed by atoms with Crippen LogP contribution in [0.1, 0.15) is 0 Å². The van der Waals surface area contributed by atoms with Gasteiger partial charge in [-0.2, -0.15) is 26.3 Å². The van der Waals surface area contributed by atoms with Crippen molar-refractivity contribution in [3.05, 3.63) is 0 Å². The fourth-order valence-corrected chi connectivity index (χ4v) is 0. The third-order valence-electron chi connectivity index (χ3n) is 0.645. The Labute approximate surface area is 110 Å². The molecule has 6 nitrogen and oxygen atoms in total. The van der Waals surface area contributed by atoms with E-state index in [0.717, 1.165) is 0 Å². The van der Waals surface area contributed by atoms with Gasteiger partial charge in [-0.1, -0.05) is 0 Å². The Kier molecular flexibility index (Phi) is 8.51. The van der Waals surface area contributed by atoms with E-state index < -0.39 is 31.1 Å². The number of primary sulfonamides is 2. The van der Waals surface area contributed by atoms with Crippen molar-refractivity contribution in [2.24, 2.45) is 10.3 Å². The molecule has 4 N–H and O–H groups in total. The van der Waals surface area contributed by atoms with E-state index in [1.165, 1.54) is 0 Å². The van der Waals surface area contributed by atoms with Crippen LogP contribution in [-0.2, 0) is 20.0 Å². The molecular weight excluding hydrogens is 409 g/mol. The van der Waals surface area contributed by atoms with Crippen molar-refractivity contribution in [1.82, 2.24) is 0 Å². The summed E-state index contributed by atoms with van der Waals surface area (Å²) in [7, 11) is -10.7. The van der Waals surface area contributed by atoms with Crippen molar-refractivity contribution in [2.75, 3.05) is 0 Å². The van der Waals surface area contributed by atoms with Gasteiger partial charge in [-0.3, -0.25) is 0 Å². The number of hydrogen-bond donors (Lipinski definition) is 2. The summed E-state index contributed by atoms with van der Waals surface area (Å²) < 4.78 is 102. The minimum absolute atomic E-state index is 0. The van der Waals surface area contributed by atoms with E-state index in [1.807, 2.05) is 0 Å². The molecule has 0 aromatic rings. The summed E-state index contributed by atoms with van der Waals surface area (Å²) in [5.41, 5.74) is -10.6. The molecule has 0 bridgehead atoms. The van der Waals surface area contributed by atoms with E-state index in [2.05, 4.69) is 10.3 Å². The van der Waals surface area contributed by atoms with Crippen LogP contribution in [-0.4, -0.2) is 53.7 Å². The summed E-state index contributed by atoms with van der Waals surface area (Å²) in [6.07, 6.45) is 0. The second kappa shape index (κ2) is 6.44. The Morgan fingerprint density at radius 1 is 0.647 bits per heavy atom. The maximum absolute atomic E-state index is 10.8. The van der Waals surface area contributed by atoms with E-state index in [0.29, 0.717) is 0 Å². The average Bonchev–Trinajstić information content (AvgIpc) is 1.77. The van der Waals surface area contributed by atoms with Gasteiger partial charge in [0, 0.05) is 0 Å². The molecule has 0 aromatic carbocycles. The number of nitrogens with two attached hydrogens (primary N) is 2. The van der Waals surface area contributed by atoms with Gasteiger partial charge in [0.1, 0.15) is 0 Å². The second-order valence-corrected chi connectivity index (χ2v) is 5.09. The summed E-state index contributed by atoms with van der Waals surface area (Å²) in [5, 5.41) is 7.32. The molecule has 0 aliphatic heterocycles. The Morgan fingerprint density at radius 3 is 0.706 bits per heavy atom. The number of rotatable bonds is 0. The van der Waals surface area contributed by atoms with Gasteiger partial charge in [0.15, 0.2) is 0 Å². The van der Waals surface area contributed by atoms with E-state index in [1.54, 1.807) is 0 Å². The van der Waals surface area contributed by atoms with Crippen molar-refractivity contribution in [2.45, 2.75) is 11.0 Å². The number of sulfonamides is 2. The summed E-state index contributed by atoms with van der Waals surface area (Å²) in [6, 6.07) is 0. The minimum atomic E-state index is -5.34. The van der Waals surface area contributed by atoms with Crippen molar-refractivity contribution in [1.29, 1.82) is 0 Å². The van der Waals surface area contributed by atoms with Gasteiger partial charge in [-0.15, -0.1) is 0 Å². The molecule has 0 amide bonds. The number of halogens is 6. The van der Waals surface area contributed by atoms with Crippen molar-refractivity contribution < 1.29 is 43.2 Å². The standard InChI is InChI=1S/2CH2F3NO2S.In.3H/c2*2-1(3,4)8(5,6)7;;;;/h2*(H2,5,6,7);;;;. The Hall–Kier alpha value is 0.270. The third kappa shape index (κ3) is 9.93. The van der Waals surface area contributed by atoms with Crippen molar-refractivity contribution in [3.8, 4) is 0 Å². The Morgan fingerprint density at radius 2 is 0.706 bits per heavy atom. The molecule has 0 heterocycles. The van der Waals surface area contributed by atoms with Crippen molar-refractivity contribution in [3.63, 3.8) is 0 Å². The molecule has 15 heteroatoms. The van der Waals surface area contributed by atoms with Gasteiger partial charge < -0.3 is 0 Å². The topological polar surface area (TPSA) is 120 Å². The van der Waals surface area contributed by atoms with Gasteiger partial charge >= 0.3 is 56.9 Å². The van der Waals surface area contributed by atoms with Gasteiger partial charge in [0.2, 0.25) is 0 Å². The van der Waals surface area contributed by atoms with Gasteiger partial charge in [-0.25, -0.2) is 27.1 Å². The Bertz CT molecular complexity index is 380. The first-order valence-electron chi connectivity index (χ1n) is 2.68. The average molecular weight is 416 g/mol. The summed E-state index contributed by atoms with van der Waals surface area (Å²) in [6.45, 7) is 0. The van der Waals surface area contributed by atoms with Crippen LogP contribution in [0.4, 0.5) is 26.3 Å². The molecule has 0 rings (SSSR count). The summed E-state index contributed by atoms with van der Waals surface area (Å²) in [4.78, 5) is 0. The molecule has 0 saturated carbocycles. The molecule has 0 unspecified atom stereocenters. The monoisotopic (exact) mass is 416 g/mol. The number of alkyl halides is 6. The maximum atomic E-state index is 10.8. The van der Waals surface area contributed by atoms with Crippen LogP contribution in [0.5, 0.6) is 0 Å². The van der Waals surface area contributed by atoms with E-state index in [9.17, 15) is 43.2 Å². The number of hydrogen-bond acceptors (Lipinski definition) is 4. The molecule has 0 fully saturated rings. The molecule has 106 valence electrons. The normalized spacial score (nSPS) is 13.2. The van der Waals surface area contributed by atoms with E-state index in [-0.39, 0.29) is 25.8 Å². The first-order valence-corrected chi connectivity index (χ1v) is 5.77. The molecule has 0 radical (unpaired) electrons. The zero-order valence-corrected chi connectivity index (χ0v) is 8.50. The van der Waals surface area contributed by atoms with Crippen molar-refractivity contribution >= 4 is 45.9 Å². The predicted octanol–water partition coefficient (Wildman–Crippen LogP) is -1.59. The first kappa shape index (κ1) is 22.5. The molecule has 0 spiro atoms. The van der Waals surface area contributed by atoms with Crippen LogP contribution in [0.2, 0.25) is 0 Å². The predicted molar refractivity (Wildman–Crippen MR) is 48.3 cm³/mol. The second-order valence-electron chi connectivity index (χ2n) is 1.98. The van der Waals surface area contributed by atoms with E-state index >= 15 is 0 Å². The fraction of sp³-hybridized carbons (Fsp3) is 1.00. The summed E-state index contributed by atoms with van der Waals surface area (Å²) >= 11 is 0. The molecular formula is C2H7F6InN2O4S2. The first-order chi connectivity index (χ1) is 6.50. The fourth-order valence-electron chi connectivity index (χ4n) is 0. The van der Waals surface area contributed by atoms with Crippen LogP contribution in [0.25, 0.3) is 0 Å². The van der Waals surface area contributed by atoms with Gasteiger partial charge in [-0.05, 0) is 0 Å². The SMILES string of the molecule is NS(=O)(=O)C(F)(F)F.NS(=O)(=O)C(F)(F)F.[InH3]. The van der Waals surface area contributed by atoms with Crippen LogP contribution < -0.4 is 10.3 Å². The van der Waals surface area contributed by atoms with Gasteiger partial charge in [0.25, 0.3) is 0 Å². The molecule has 0 aliphatic carbocycles.